The molecule has 114 valence electrons. The second-order valence-corrected chi connectivity index (χ2v) is 5.92. The smallest absolute Gasteiger partial charge is 0.735 e. The van der Waals surface area contributed by atoms with E-state index in [4.69, 9.17) is 4.74 Å². The first-order valence-corrected chi connectivity index (χ1v) is 7.55. The average Bonchev–Trinajstić information content (AvgIpc) is 2.21. The van der Waals surface area contributed by atoms with Crippen LogP contribution in [0.2, 0.25) is 0 Å². The zero-order valence-corrected chi connectivity index (χ0v) is 16.8. The molecule has 0 aliphatic carbocycles. The minimum absolute atomic E-state index is 0. The van der Waals surface area contributed by atoms with Crippen LogP contribution in [0.1, 0.15) is 0 Å². The van der Waals surface area contributed by atoms with E-state index in [1.165, 1.54) is 4.72 Å². The van der Waals surface area contributed by atoms with Crippen molar-refractivity contribution in [1.82, 2.24) is 4.72 Å². The second kappa shape index (κ2) is 9.80. The van der Waals surface area contributed by atoms with E-state index in [1.807, 2.05) is 0 Å². The largest absolute Gasteiger partial charge is 1.00 e. The molecule has 0 aromatic carbocycles. The fourth-order valence-corrected chi connectivity index (χ4v) is 2.35. The summed E-state index contributed by atoms with van der Waals surface area (Å²) in [5.74, 6) is 0. The van der Waals surface area contributed by atoms with Crippen molar-refractivity contribution >= 4 is 20.7 Å². The van der Waals surface area contributed by atoms with Gasteiger partial charge < -0.3 is 24.1 Å². The molecule has 0 amide bonds. The summed E-state index contributed by atoms with van der Waals surface area (Å²) in [5, 5.41) is 19.0. The Kier molecular flexibility index (Phi) is 11.6. The van der Waals surface area contributed by atoms with Gasteiger partial charge in [-0.2, -0.15) is 0 Å². The Labute approximate surface area is 165 Å². The molecule has 1 aliphatic rings. The van der Waals surface area contributed by atoms with Crippen molar-refractivity contribution in [3.05, 3.63) is 0 Å². The molecular weight excluding hydrogens is 356 g/mol. The molecule has 15 heteroatoms. The topological polar surface area (TPSA) is 185 Å². The van der Waals surface area contributed by atoms with Gasteiger partial charge in [0.2, 0.25) is 10.4 Å². The first kappa shape index (κ1) is 24.9. The Hall–Kier alpha value is 1.62. The Morgan fingerprint density at radius 2 is 1.67 bits per heavy atom. The molecule has 1 heterocycles. The predicted octanol–water partition coefficient (Wildman–Crippen LogP) is -9.99. The van der Waals surface area contributed by atoms with Crippen molar-refractivity contribution in [1.29, 1.82) is 0 Å². The summed E-state index contributed by atoms with van der Waals surface area (Å²) in [7, 11) is -9.85. The minimum Gasteiger partial charge on any atom is -0.735 e. The fourth-order valence-electron chi connectivity index (χ4n) is 1.47. The quantitative estimate of drug-likeness (QED) is 0.239. The van der Waals surface area contributed by atoms with Gasteiger partial charge in [-0.05, 0) is 0 Å². The Morgan fingerprint density at radius 3 is 2.10 bits per heavy atom. The third kappa shape index (κ3) is 9.49. The predicted molar refractivity (Wildman–Crippen MR) is 54.0 cm³/mol. The molecule has 0 spiro atoms. The van der Waals surface area contributed by atoms with Crippen LogP contribution in [-0.2, 0) is 29.6 Å². The molecule has 0 bridgehead atoms. The number of aliphatic hydroxyl groups is 2. The van der Waals surface area contributed by atoms with Gasteiger partial charge in [0.1, 0.15) is 18.3 Å². The van der Waals surface area contributed by atoms with Crippen molar-refractivity contribution in [3.63, 3.8) is 0 Å². The Bertz CT molecular complexity index is 508. The van der Waals surface area contributed by atoms with E-state index >= 15 is 0 Å². The van der Waals surface area contributed by atoms with E-state index < -0.39 is 58.3 Å². The molecule has 0 aromatic rings. The summed E-state index contributed by atoms with van der Waals surface area (Å²) in [4.78, 5) is 0. The molecule has 0 radical (unpaired) electrons. The standard InChI is InChI=1S/C6H13NO10S2.2Na/c8-5-3(7-18(10,11)12)1-16-4(6(5)9)2-17-19(13,14)15;;/h3-9H,1-2H2,(H,10,11,12)(H,13,14,15);;/q;2*+1/p-2/t3?,4?,5?,6-;;/m1../s1. The van der Waals surface area contributed by atoms with Gasteiger partial charge in [0.15, 0.2) is 10.3 Å². The van der Waals surface area contributed by atoms with Crippen LogP contribution in [0, 0.1) is 0 Å². The summed E-state index contributed by atoms with van der Waals surface area (Å²) in [5.41, 5.74) is 0. The monoisotopic (exact) mass is 367 g/mol. The molecule has 1 rings (SSSR count). The van der Waals surface area contributed by atoms with E-state index in [-0.39, 0.29) is 59.1 Å². The molecule has 1 fully saturated rings. The molecule has 4 atom stereocenters. The zero-order valence-electron chi connectivity index (χ0n) is 11.2. The van der Waals surface area contributed by atoms with Gasteiger partial charge in [-0.25, -0.2) is 21.6 Å². The van der Waals surface area contributed by atoms with Gasteiger partial charge in [-0.1, -0.05) is 0 Å². The molecule has 1 aliphatic heterocycles. The van der Waals surface area contributed by atoms with Gasteiger partial charge in [0.25, 0.3) is 0 Å². The first-order chi connectivity index (χ1) is 8.49. The van der Waals surface area contributed by atoms with Gasteiger partial charge in [-0.3, -0.25) is 4.18 Å². The maximum Gasteiger partial charge on any atom is 1.00 e. The van der Waals surface area contributed by atoms with E-state index in [1.54, 1.807) is 0 Å². The van der Waals surface area contributed by atoms with Crippen molar-refractivity contribution in [2.24, 2.45) is 0 Å². The molecule has 0 saturated carbocycles. The minimum atomic E-state index is -4.99. The maximum absolute atomic E-state index is 10.4. The van der Waals surface area contributed by atoms with E-state index in [9.17, 15) is 36.2 Å². The average molecular weight is 367 g/mol. The van der Waals surface area contributed by atoms with Crippen LogP contribution in [0.4, 0.5) is 0 Å². The van der Waals surface area contributed by atoms with Crippen LogP contribution in [0.3, 0.4) is 0 Å². The third-order valence-electron chi connectivity index (χ3n) is 2.31. The number of hydrogen-bond acceptors (Lipinski definition) is 10. The first-order valence-electron chi connectivity index (χ1n) is 4.81. The van der Waals surface area contributed by atoms with Crippen LogP contribution in [0.5, 0.6) is 0 Å². The molecule has 3 unspecified atom stereocenters. The van der Waals surface area contributed by atoms with Gasteiger partial charge in [0.05, 0.1) is 19.3 Å². The molecule has 0 aromatic heterocycles. The zero-order chi connectivity index (χ0) is 14.8. The Morgan fingerprint density at radius 1 is 1.14 bits per heavy atom. The van der Waals surface area contributed by atoms with Crippen LogP contribution >= 0.6 is 0 Å². The van der Waals surface area contributed by atoms with Gasteiger partial charge in [-0.15, -0.1) is 0 Å². The van der Waals surface area contributed by atoms with E-state index in [2.05, 4.69) is 4.18 Å². The normalized spacial score (nSPS) is 30.1. The maximum atomic E-state index is 10.4. The van der Waals surface area contributed by atoms with Gasteiger partial charge >= 0.3 is 59.1 Å². The number of nitrogens with one attached hydrogen (secondary N) is 1. The van der Waals surface area contributed by atoms with Crippen LogP contribution in [0.15, 0.2) is 0 Å². The summed E-state index contributed by atoms with van der Waals surface area (Å²) < 4.78 is 72.0. The van der Waals surface area contributed by atoms with Gasteiger partial charge in [0, 0.05) is 0 Å². The fraction of sp³-hybridized carbons (Fsp3) is 1.00. The number of ether oxygens (including phenoxy) is 1. The van der Waals surface area contributed by atoms with Crippen molar-refractivity contribution in [2.45, 2.75) is 24.4 Å². The summed E-state index contributed by atoms with van der Waals surface area (Å²) in [6, 6.07) is -1.39. The van der Waals surface area contributed by atoms with Crippen LogP contribution in [-0.4, -0.2) is 73.7 Å². The van der Waals surface area contributed by atoms with Crippen molar-refractivity contribution in [3.8, 4) is 0 Å². The molecule has 21 heavy (non-hydrogen) atoms. The van der Waals surface area contributed by atoms with E-state index in [0.717, 1.165) is 0 Å². The van der Waals surface area contributed by atoms with Crippen molar-refractivity contribution < 1.29 is 104 Å². The SMILES string of the molecule is O=S(=O)([O-])NC1COC(COS(=O)(=O)[O-])[C@@H](O)C1O.[Na+].[Na+]. The molecule has 1 saturated heterocycles. The number of rotatable bonds is 5. The Balaban J connectivity index is 0. The molecular formula is C6H11NNa2O10S2. The summed E-state index contributed by atoms with van der Waals surface area (Å²) in [6.45, 7) is -1.35. The van der Waals surface area contributed by atoms with Crippen LogP contribution < -0.4 is 63.8 Å². The molecule has 3 N–H and O–H groups in total. The van der Waals surface area contributed by atoms with Crippen molar-refractivity contribution in [2.75, 3.05) is 13.2 Å². The number of hydrogen-bond donors (Lipinski definition) is 3. The summed E-state index contributed by atoms with van der Waals surface area (Å²) >= 11 is 0. The molecule has 11 nitrogen and oxygen atoms in total. The summed E-state index contributed by atoms with van der Waals surface area (Å²) in [6.07, 6.45) is -4.82. The number of aliphatic hydroxyl groups excluding tert-OH is 2. The third-order valence-corrected chi connectivity index (χ3v) is 3.32. The van der Waals surface area contributed by atoms with Crippen LogP contribution in [0.25, 0.3) is 0 Å². The van der Waals surface area contributed by atoms with E-state index in [0.29, 0.717) is 0 Å². The second-order valence-electron chi connectivity index (χ2n) is 3.72.